The van der Waals surface area contributed by atoms with Crippen LogP contribution in [-0.2, 0) is 6.54 Å². The van der Waals surface area contributed by atoms with Crippen LogP contribution in [-0.4, -0.2) is 34.5 Å². The maximum Gasteiger partial charge on any atom is 0.318 e. The lowest BCUT2D eigenvalue weighted by Crippen LogP contribution is -2.51. The largest absolute Gasteiger partial charge is 0.333 e. The first-order valence-electron chi connectivity index (χ1n) is 6.89. The Labute approximate surface area is 122 Å². The number of nitrogens with zero attached hydrogens (tertiary/aromatic N) is 1. The highest BCUT2D eigenvalue weighted by molar-refractivity contribution is 7.99. The van der Waals surface area contributed by atoms with Gasteiger partial charge in [0.1, 0.15) is 0 Å². The first kappa shape index (κ1) is 13.3. The minimum Gasteiger partial charge on any atom is -0.333 e. The summed E-state index contributed by atoms with van der Waals surface area (Å²) in [6.45, 7) is 0.665. The monoisotopic (exact) mass is 296 g/mol. The van der Waals surface area contributed by atoms with Crippen molar-refractivity contribution in [1.82, 2.24) is 10.2 Å². The van der Waals surface area contributed by atoms with Gasteiger partial charge in [0.05, 0.1) is 6.54 Å². The van der Waals surface area contributed by atoms with E-state index < -0.39 is 0 Å². The van der Waals surface area contributed by atoms with Gasteiger partial charge in [-0.1, -0.05) is 6.07 Å². The summed E-state index contributed by atoms with van der Waals surface area (Å²) in [4.78, 5) is 15.7. The Morgan fingerprint density at radius 3 is 2.79 bits per heavy atom. The van der Waals surface area contributed by atoms with Crippen molar-refractivity contribution in [2.45, 2.75) is 49.6 Å². The lowest BCUT2D eigenvalue weighted by Gasteiger charge is -2.38. The van der Waals surface area contributed by atoms with Crippen LogP contribution < -0.4 is 5.32 Å². The molecule has 1 aromatic heterocycles. The Hall–Kier alpha value is -0.680. The lowest BCUT2D eigenvalue weighted by atomic mass is 10.0. The van der Waals surface area contributed by atoms with E-state index in [1.165, 1.54) is 30.6 Å². The third-order valence-electron chi connectivity index (χ3n) is 4.25. The average molecular weight is 296 g/mol. The zero-order valence-corrected chi connectivity index (χ0v) is 12.8. The standard InChI is InChI=1S/C14H20N2OS2/c1-18-13-7-10-4-5-11(8-13)16(10)14(17)15-9-12-3-2-6-19-12/h2-3,6,10-11,13H,4-5,7-9H2,1H3,(H,15,17)/t10-,11+,13?. The Morgan fingerprint density at radius 2 is 2.21 bits per heavy atom. The number of piperidine rings is 1. The quantitative estimate of drug-likeness (QED) is 0.928. The van der Waals surface area contributed by atoms with Gasteiger partial charge in [-0.2, -0.15) is 11.8 Å². The van der Waals surface area contributed by atoms with Crippen molar-refractivity contribution in [3.8, 4) is 0 Å². The lowest BCUT2D eigenvalue weighted by molar-refractivity contribution is 0.149. The fourth-order valence-corrected chi connectivity index (χ4v) is 4.79. The molecule has 1 unspecified atom stereocenters. The summed E-state index contributed by atoms with van der Waals surface area (Å²) in [5, 5.41) is 5.88. The minimum absolute atomic E-state index is 0.139. The molecule has 2 bridgehead atoms. The number of amides is 2. The molecule has 1 N–H and O–H groups in total. The van der Waals surface area contributed by atoms with E-state index >= 15 is 0 Å². The normalized spacial score (nSPS) is 29.5. The molecular formula is C14H20N2OS2. The molecule has 19 heavy (non-hydrogen) atoms. The molecule has 3 atom stereocenters. The first-order valence-corrected chi connectivity index (χ1v) is 9.06. The van der Waals surface area contributed by atoms with E-state index in [1.807, 2.05) is 17.8 Å². The SMILES string of the molecule is CSC1C[C@H]2CC[C@@H](C1)N2C(=O)NCc1cccs1. The number of hydrogen-bond acceptors (Lipinski definition) is 3. The summed E-state index contributed by atoms with van der Waals surface area (Å²) in [6.07, 6.45) is 6.91. The molecule has 3 rings (SSSR count). The molecule has 5 heteroatoms. The zero-order valence-electron chi connectivity index (χ0n) is 11.2. The average Bonchev–Trinajstić information content (AvgIpc) is 3.02. The molecular weight excluding hydrogens is 276 g/mol. The van der Waals surface area contributed by atoms with Gasteiger partial charge >= 0.3 is 6.03 Å². The highest BCUT2D eigenvalue weighted by Gasteiger charge is 2.42. The van der Waals surface area contributed by atoms with Crippen LogP contribution in [0.3, 0.4) is 0 Å². The van der Waals surface area contributed by atoms with Crippen molar-refractivity contribution in [3.63, 3.8) is 0 Å². The topological polar surface area (TPSA) is 32.3 Å². The maximum absolute atomic E-state index is 12.4. The molecule has 1 aromatic rings. The van der Waals surface area contributed by atoms with Crippen LogP contribution in [0.15, 0.2) is 17.5 Å². The van der Waals surface area contributed by atoms with Crippen molar-refractivity contribution in [1.29, 1.82) is 0 Å². The van der Waals surface area contributed by atoms with Gasteiger partial charge in [0, 0.05) is 22.2 Å². The molecule has 3 heterocycles. The van der Waals surface area contributed by atoms with Crippen LogP contribution in [0, 0.1) is 0 Å². The fourth-order valence-electron chi connectivity index (χ4n) is 3.32. The van der Waals surface area contributed by atoms with Crippen LogP contribution in [0.4, 0.5) is 4.79 Å². The van der Waals surface area contributed by atoms with Gasteiger partial charge in [-0.3, -0.25) is 0 Å². The minimum atomic E-state index is 0.139. The second-order valence-corrected chi connectivity index (χ2v) is 7.53. The third-order valence-corrected chi connectivity index (χ3v) is 6.18. The number of urea groups is 1. The van der Waals surface area contributed by atoms with E-state index in [0.29, 0.717) is 18.6 Å². The Morgan fingerprint density at radius 1 is 1.47 bits per heavy atom. The number of hydrogen-bond donors (Lipinski definition) is 1. The van der Waals surface area contributed by atoms with Crippen LogP contribution >= 0.6 is 23.1 Å². The summed E-state index contributed by atoms with van der Waals surface area (Å²) in [5.74, 6) is 0. The molecule has 0 aliphatic carbocycles. The number of thioether (sulfide) groups is 1. The van der Waals surface area contributed by atoms with Crippen LogP contribution in [0.5, 0.6) is 0 Å². The Balaban J connectivity index is 1.58. The predicted octanol–water partition coefficient (Wildman–Crippen LogP) is 3.32. The molecule has 0 aromatic carbocycles. The molecule has 0 saturated carbocycles. The van der Waals surface area contributed by atoms with E-state index in [1.54, 1.807) is 11.3 Å². The maximum atomic E-state index is 12.4. The number of thiophene rings is 1. The van der Waals surface area contributed by atoms with Crippen LogP contribution in [0.25, 0.3) is 0 Å². The Bertz CT molecular complexity index is 421. The molecule has 3 nitrogen and oxygen atoms in total. The summed E-state index contributed by atoms with van der Waals surface area (Å²) in [6, 6.07) is 5.18. The second-order valence-electron chi connectivity index (χ2n) is 5.36. The highest BCUT2D eigenvalue weighted by Crippen LogP contribution is 2.39. The fraction of sp³-hybridized carbons (Fsp3) is 0.643. The number of rotatable bonds is 3. The summed E-state index contributed by atoms with van der Waals surface area (Å²) in [5.41, 5.74) is 0. The summed E-state index contributed by atoms with van der Waals surface area (Å²) in [7, 11) is 0. The second kappa shape index (κ2) is 5.75. The van der Waals surface area contributed by atoms with Crippen molar-refractivity contribution in [3.05, 3.63) is 22.4 Å². The summed E-state index contributed by atoms with van der Waals surface area (Å²) >= 11 is 3.66. The van der Waals surface area contributed by atoms with Gasteiger partial charge in [-0.25, -0.2) is 4.79 Å². The van der Waals surface area contributed by atoms with E-state index in [4.69, 9.17) is 0 Å². The smallest absolute Gasteiger partial charge is 0.318 e. The van der Waals surface area contributed by atoms with Gasteiger partial charge in [-0.05, 0) is 43.4 Å². The van der Waals surface area contributed by atoms with Crippen molar-refractivity contribution >= 4 is 29.1 Å². The van der Waals surface area contributed by atoms with Crippen molar-refractivity contribution < 1.29 is 4.79 Å². The van der Waals surface area contributed by atoms with Gasteiger partial charge in [-0.15, -0.1) is 11.3 Å². The van der Waals surface area contributed by atoms with E-state index in [2.05, 4.69) is 27.9 Å². The summed E-state index contributed by atoms with van der Waals surface area (Å²) < 4.78 is 0. The first-order chi connectivity index (χ1) is 9.28. The molecule has 0 spiro atoms. The highest BCUT2D eigenvalue weighted by atomic mass is 32.2. The molecule has 2 saturated heterocycles. The number of carbonyl (C=O) groups excluding carboxylic acids is 1. The zero-order chi connectivity index (χ0) is 13.2. The molecule has 2 aliphatic heterocycles. The van der Waals surface area contributed by atoms with Crippen molar-refractivity contribution in [2.24, 2.45) is 0 Å². The van der Waals surface area contributed by atoms with Gasteiger partial charge in [0.25, 0.3) is 0 Å². The molecule has 2 amide bonds. The van der Waals surface area contributed by atoms with Gasteiger partial charge in [0.15, 0.2) is 0 Å². The number of nitrogens with one attached hydrogen (secondary N) is 1. The van der Waals surface area contributed by atoms with Gasteiger partial charge in [0.2, 0.25) is 0 Å². The van der Waals surface area contributed by atoms with E-state index in [9.17, 15) is 4.79 Å². The number of fused-ring (bicyclic) bond motifs is 2. The van der Waals surface area contributed by atoms with Crippen molar-refractivity contribution in [2.75, 3.05) is 6.26 Å². The molecule has 2 aliphatic rings. The Kier molecular flexibility index (Phi) is 4.03. The van der Waals surface area contributed by atoms with E-state index in [0.717, 1.165) is 5.25 Å². The van der Waals surface area contributed by atoms with Gasteiger partial charge < -0.3 is 10.2 Å². The van der Waals surface area contributed by atoms with E-state index in [-0.39, 0.29) is 6.03 Å². The van der Waals surface area contributed by atoms with Crippen LogP contribution in [0.1, 0.15) is 30.6 Å². The molecule has 104 valence electrons. The third kappa shape index (κ3) is 2.77. The van der Waals surface area contributed by atoms with Crippen LogP contribution in [0.2, 0.25) is 0 Å². The molecule has 2 fully saturated rings. The predicted molar refractivity (Wildman–Crippen MR) is 81.7 cm³/mol. The number of carbonyl (C=O) groups is 1. The molecule has 0 radical (unpaired) electrons.